The minimum atomic E-state index is -1.42. The number of hydrogen-bond acceptors (Lipinski definition) is 4. The molecule has 0 aliphatic heterocycles. The van der Waals surface area contributed by atoms with Crippen molar-refractivity contribution < 1.29 is 24.2 Å². The zero-order valence-electron chi connectivity index (χ0n) is 16.2. The van der Waals surface area contributed by atoms with Crippen LogP contribution in [0, 0.1) is 0 Å². The van der Waals surface area contributed by atoms with Gasteiger partial charge < -0.3 is 14.8 Å². The second-order valence-corrected chi connectivity index (χ2v) is 7.76. The molecule has 28 heavy (non-hydrogen) atoms. The molecule has 3 rings (SSSR count). The molecule has 0 saturated carbocycles. The molecule has 0 bridgehead atoms. The summed E-state index contributed by atoms with van der Waals surface area (Å²) in [6, 6.07) is 14.7. The fraction of sp³-hybridized carbons (Fsp3) is 0.364. The number of hydrogen-bond donors (Lipinski definition) is 1. The molecule has 0 fully saturated rings. The van der Waals surface area contributed by atoms with E-state index < -0.39 is 23.7 Å². The van der Waals surface area contributed by atoms with Gasteiger partial charge in [0.1, 0.15) is 6.61 Å². The lowest BCUT2D eigenvalue weighted by molar-refractivity contribution is -0.148. The highest BCUT2D eigenvalue weighted by atomic mass is 16.6. The average molecular weight is 382 g/mol. The van der Waals surface area contributed by atoms with Crippen molar-refractivity contribution >= 4 is 12.1 Å². The van der Waals surface area contributed by atoms with Crippen LogP contribution in [0.4, 0.5) is 4.79 Å². The van der Waals surface area contributed by atoms with Crippen molar-refractivity contribution in [2.45, 2.75) is 38.3 Å². The molecule has 1 aliphatic rings. The summed E-state index contributed by atoms with van der Waals surface area (Å²) in [6.45, 7) is 5.31. The largest absolute Gasteiger partial charge is 0.449 e. The summed E-state index contributed by atoms with van der Waals surface area (Å²) in [5.41, 5.74) is 3.89. The first-order valence-corrected chi connectivity index (χ1v) is 9.22. The lowest BCUT2D eigenvalue weighted by atomic mass is 9.98. The van der Waals surface area contributed by atoms with E-state index in [9.17, 15) is 14.7 Å². The monoisotopic (exact) mass is 382 g/mol. The Morgan fingerprint density at radius 2 is 1.54 bits per heavy atom. The number of amides is 1. The summed E-state index contributed by atoms with van der Waals surface area (Å²) in [4.78, 5) is 23.5. The van der Waals surface area contributed by atoms with Gasteiger partial charge in [0.25, 0.3) is 0 Å². The smallest absolute Gasteiger partial charge is 0.407 e. The Morgan fingerprint density at radius 3 is 2.04 bits per heavy atom. The topological polar surface area (TPSA) is 84.5 Å². The lowest BCUT2D eigenvalue weighted by Gasteiger charge is -2.22. The summed E-state index contributed by atoms with van der Waals surface area (Å²) in [7, 11) is 0. The second kappa shape index (κ2) is 8.02. The maximum atomic E-state index is 12.2. The summed E-state index contributed by atoms with van der Waals surface area (Å²) in [5, 5.41) is 13.6. The van der Waals surface area contributed by atoms with Crippen LogP contribution in [0.25, 0.3) is 11.1 Å². The van der Waals surface area contributed by atoms with E-state index >= 15 is 0 Å². The van der Waals surface area contributed by atoms with Crippen molar-refractivity contribution in [3.8, 4) is 11.1 Å². The SMILES string of the molecule is CC(C)(C)OC[C@H](NC(=O)OCC1c2ccccc2-c2ccccc21)C([O])=O. The van der Waals surface area contributed by atoms with Crippen molar-refractivity contribution in [3.05, 3.63) is 59.7 Å². The molecular weight excluding hydrogens is 358 g/mol. The van der Waals surface area contributed by atoms with Gasteiger partial charge >= 0.3 is 12.1 Å². The van der Waals surface area contributed by atoms with Crippen LogP contribution in [0.5, 0.6) is 0 Å². The Bertz CT molecular complexity index is 826. The lowest BCUT2D eigenvalue weighted by Crippen LogP contribution is -2.45. The minimum absolute atomic E-state index is 0.0922. The molecule has 0 unspecified atom stereocenters. The maximum absolute atomic E-state index is 12.2. The quantitative estimate of drug-likeness (QED) is 0.826. The molecule has 0 aromatic heterocycles. The van der Waals surface area contributed by atoms with Gasteiger partial charge in [-0.1, -0.05) is 48.5 Å². The van der Waals surface area contributed by atoms with Crippen LogP contribution < -0.4 is 5.32 Å². The van der Waals surface area contributed by atoms with E-state index in [0.717, 1.165) is 22.3 Å². The van der Waals surface area contributed by atoms with Crippen molar-refractivity contribution in [3.63, 3.8) is 0 Å². The van der Waals surface area contributed by atoms with Crippen LogP contribution in [0.2, 0.25) is 0 Å². The molecular formula is C22H24NO5. The third-order valence-electron chi connectivity index (χ3n) is 4.60. The zero-order valence-corrected chi connectivity index (χ0v) is 16.2. The Morgan fingerprint density at radius 1 is 1.00 bits per heavy atom. The Labute approximate surface area is 164 Å². The van der Waals surface area contributed by atoms with Gasteiger partial charge in [0.15, 0.2) is 6.04 Å². The van der Waals surface area contributed by atoms with Crippen molar-refractivity contribution in [2.24, 2.45) is 0 Å². The molecule has 0 heterocycles. The van der Waals surface area contributed by atoms with E-state index in [1.165, 1.54) is 0 Å². The van der Waals surface area contributed by atoms with E-state index in [2.05, 4.69) is 5.32 Å². The van der Waals surface area contributed by atoms with Gasteiger partial charge in [-0.25, -0.2) is 14.7 Å². The first-order valence-electron chi connectivity index (χ1n) is 9.22. The minimum Gasteiger partial charge on any atom is -0.449 e. The van der Waals surface area contributed by atoms with Gasteiger partial charge in [0.2, 0.25) is 0 Å². The van der Waals surface area contributed by atoms with E-state index in [1.807, 2.05) is 48.5 Å². The second-order valence-electron chi connectivity index (χ2n) is 7.76. The molecule has 1 atom stereocenters. The molecule has 1 amide bonds. The van der Waals surface area contributed by atoms with Gasteiger partial charge in [-0.3, -0.25) is 0 Å². The molecule has 2 aromatic rings. The predicted molar refractivity (Wildman–Crippen MR) is 103 cm³/mol. The third-order valence-corrected chi connectivity index (χ3v) is 4.60. The van der Waals surface area contributed by atoms with E-state index in [0.29, 0.717) is 0 Å². The number of carbonyl (C=O) groups is 2. The molecule has 1 aliphatic carbocycles. The van der Waals surface area contributed by atoms with Gasteiger partial charge in [-0.05, 0) is 43.0 Å². The number of benzene rings is 2. The van der Waals surface area contributed by atoms with E-state index in [1.54, 1.807) is 20.8 Å². The molecule has 1 N–H and O–H groups in total. The molecule has 147 valence electrons. The first-order chi connectivity index (χ1) is 13.3. The van der Waals surface area contributed by atoms with Crippen LogP contribution in [0.15, 0.2) is 48.5 Å². The van der Waals surface area contributed by atoms with Gasteiger partial charge in [-0.15, -0.1) is 0 Å². The number of fused-ring (bicyclic) bond motifs is 3. The number of carbonyl (C=O) groups excluding carboxylic acids is 2. The van der Waals surface area contributed by atoms with Crippen molar-refractivity contribution in [2.75, 3.05) is 13.2 Å². The highest BCUT2D eigenvalue weighted by molar-refractivity contribution is 5.81. The zero-order chi connectivity index (χ0) is 20.3. The fourth-order valence-electron chi connectivity index (χ4n) is 3.28. The number of alkyl carbamates (subject to hydrolysis) is 1. The number of ether oxygens (including phenoxy) is 2. The van der Waals surface area contributed by atoms with Crippen LogP contribution in [0.3, 0.4) is 0 Å². The third kappa shape index (κ3) is 4.51. The molecule has 0 spiro atoms. The maximum Gasteiger partial charge on any atom is 0.407 e. The number of nitrogens with one attached hydrogen (secondary N) is 1. The number of rotatable bonds is 6. The first kappa shape index (κ1) is 19.9. The Kier molecular flexibility index (Phi) is 5.70. The molecule has 2 aromatic carbocycles. The van der Waals surface area contributed by atoms with Crippen LogP contribution in [0.1, 0.15) is 37.8 Å². The summed E-state index contributed by atoms with van der Waals surface area (Å²) < 4.78 is 10.8. The fourth-order valence-corrected chi connectivity index (χ4v) is 3.28. The van der Waals surface area contributed by atoms with Crippen molar-refractivity contribution in [1.82, 2.24) is 5.32 Å². The summed E-state index contributed by atoms with van der Waals surface area (Å²) in [5.74, 6) is -1.51. The standard InChI is InChI=1S/C22H24NO5/c1-22(2,3)28-13-19(20(24)25)23-21(26)27-12-18-16-10-6-4-8-14(16)15-9-5-7-11-17(15)18/h4-11,18-19H,12-13H2,1-3H3,(H,23,26)/t19-/m0/s1. The van der Waals surface area contributed by atoms with Crippen LogP contribution in [-0.2, 0) is 19.4 Å². The predicted octanol–water partition coefficient (Wildman–Crippen LogP) is 3.67. The summed E-state index contributed by atoms with van der Waals surface area (Å²) >= 11 is 0. The molecule has 1 radical (unpaired) electrons. The van der Waals surface area contributed by atoms with Gasteiger partial charge in [0.05, 0.1) is 12.2 Å². The average Bonchev–Trinajstić information content (AvgIpc) is 2.96. The molecule has 6 heteroatoms. The highest BCUT2D eigenvalue weighted by Gasteiger charge is 2.30. The summed E-state index contributed by atoms with van der Waals surface area (Å²) in [6.07, 6.45) is -0.812. The van der Waals surface area contributed by atoms with Crippen molar-refractivity contribution in [1.29, 1.82) is 0 Å². The normalized spacial score (nSPS) is 14.1. The Balaban J connectivity index is 1.65. The van der Waals surface area contributed by atoms with Crippen LogP contribution >= 0.6 is 0 Å². The Hall–Kier alpha value is -2.86. The van der Waals surface area contributed by atoms with Gasteiger partial charge in [0, 0.05) is 5.92 Å². The van der Waals surface area contributed by atoms with E-state index in [-0.39, 0.29) is 19.1 Å². The molecule has 0 saturated heterocycles. The molecule has 6 nitrogen and oxygen atoms in total. The van der Waals surface area contributed by atoms with E-state index in [4.69, 9.17) is 9.47 Å². The highest BCUT2D eigenvalue weighted by Crippen LogP contribution is 2.44. The van der Waals surface area contributed by atoms with Gasteiger partial charge in [-0.2, -0.15) is 0 Å². The van der Waals surface area contributed by atoms with Crippen LogP contribution in [-0.4, -0.2) is 36.9 Å².